The molecule has 20 rings (SSSR count). The van der Waals surface area contributed by atoms with Gasteiger partial charge < -0.3 is 35.3 Å². The lowest BCUT2D eigenvalue weighted by Crippen LogP contribution is -2.41. The van der Waals surface area contributed by atoms with E-state index in [0.29, 0.717) is 41.6 Å². The Kier molecular flexibility index (Phi) is 28.4. The van der Waals surface area contributed by atoms with Crippen LogP contribution >= 0.6 is 27.5 Å². The van der Waals surface area contributed by atoms with Crippen LogP contribution in [0.2, 0.25) is 5.15 Å². The van der Waals surface area contributed by atoms with Crippen LogP contribution in [0.5, 0.6) is 0 Å². The first-order valence-corrected chi connectivity index (χ1v) is 44.6. The first-order valence-electron chi connectivity index (χ1n) is 43.1. The SMILES string of the molecule is CN.CNCc1cc2cccc(C)c2c(=O)n1-c1ccccc1C.Cc1ccccc1-n1c(CBr)cc2cccc(C)c2c1=O.Cc1ccccc1-n1c(CN(C)c2ncnc3c2ncn3C2CCCCO2)cc2cccc(C)c2c1=O.Cc1ccccc1-n1c(CN(C)c2ncnc3nc[nH]c23)cc2cccc(C)c2c1=O.Clc1ncnc2c1[nH]c[n+]2C1CCCCO1. The minimum absolute atomic E-state index is 0.0114. The number of aryl methyl sites for hydroxylation is 8. The van der Waals surface area contributed by atoms with Gasteiger partial charge in [-0.15, -0.1) is 0 Å². The van der Waals surface area contributed by atoms with Crippen LogP contribution in [0.25, 0.3) is 99.3 Å². The molecule has 0 aliphatic carbocycles. The van der Waals surface area contributed by atoms with Gasteiger partial charge in [-0.3, -0.25) is 47.0 Å². The minimum atomic E-state index is -0.0539. The van der Waals surface area contributed by atoms with Crippen LogP contribution in [0.1, 0.15) is 118 Å². The molecule has 28 heteroatoms. The first-order chi connectivity index (χ1) is 62.7. The van der Waals surface area contributed by atoms with Crippen LogP contribution in [0, 0.1) is 55.4 Å². The molecule has 2 aliphatic rings. The fourth-order valence-corrected chi connectivity index (χ4v) is 17.9. The zero-order chi connectivity index (χ0) is 90.7. The van der Waals surface area contributed by atoms with Crippen molar-refractivity contribution in [3.05, 3.63) is 346 Å². The zero-order valence-electron chi connectivity index (χ0n) is 74.5. The second-order valence-electron chi connectivity index (χ2n) is 32.3. The Morgan fingerprint density at radius 1 is 0.465 bits per heavy atom. The Labute approximate surface area is 759 Å². The number of anilines is 2. The molecule has 2 saturated heterocycles. The van der Waals surface area contributed by atoms with Gasteiger partial charge in [-0.05, 0) is 216 Å². The summed E-state index contributed by atoms with van der Waals surface area (Å²) < 4.78 is 23.0. The first kappa shape index (κ1) is 90.3. The number of hydrogen-bond acceptors (Lipinski definition) is 18. The van der Waals surface area contributed by atoms with E-state index in [1.807, 2.05) is 290 Å². The van der Waals surface area contributed by atoms with E-state index >= 15 is 0 Å². The topological polar surface area (TPSA) is 294 Å². The lowest BCUT2D eigenvalue weighted by atomic mass is 10.1. The number of rotatable bonds is 15. The molecular formula is C101H105BrClN20O6+. The number of ether oxygens (including phenoxy) is 2. The fourth-order valence-electron chi connectivity index (χ4n) is 17.3. The molecule has 658 valence electrons. The highest BCUT2D eigenvalue weighted by molar-refractivity contribution is 9.08. The van der Waals surface area contributed by atoms with Crippen LogP contribution in [0.15, 0.2) is 251 Å². The van der Waals surface area contributed by atoms with E-state index in [4.69, 9.17) is 21.1 Å². The highest BCUT2D eigenvalue weighted by Crippen LogP contribution is 2.33. The predicted octanol–water partition coefficient (Wildman–Crippen LogP) is 18.0. The maximum absolute atomic E-state index is 13.9. The smallest absolute Gasteiger partial charge is 0.308 e. The van der Waals surface area contributed by atoms with Crippen molar-refractivity contribution in [2.45, 2.75) is 131 Å². The maximum atomic E-state index is 13.9. The van der Waals surface area contributed by atoms with E-state index in [1.165, 1.54) is 26.1 Å². The number of aromatic nitrogens is 16. The molecule has 18 aromatic rings. The molecule has 2 atom stereocenters. The van der Waals surface area contributed by atoms with Crippen molar-refractivity contribution in [3.63, 3.8) is 0 Å². The highest BCUT2D eigenvalue weighted by Gasteiger charge is 2.28. The van der Waals surface area contributed by atoms with E-state index < -0.39 is 0 Å². The number of halogens is 2. The van der Waals surface area contributed by atoms with Gasteiger partial charge in [-0.2, -0.15) is 0 Å². The number of hydrogen-bond donors (Lipinski definition) is 4. The number of alkyl halides is 1. The Hall–Kier alpha value is -13.5. The highest BCUT2D eigenvalue weighted by atomic mass is 79.9. The van der Waals surface area contributed by atoms with Gasteiger partial charge in [0.25, 0.3) is 22.2 Å². The third kappa shape index (κ3) is 18.8. The van der Waals surface area contributed by atoms with Gasteiger partial charge in [-0.25, -0.2) is 39.5 Å². The summed E-state index contributed by atoms with van der Waals surface area (Å²) in [5.41, 5.74) is 24.6. The molecule has 0 radical (unpaired) electrons. The molecule has 12 heterocycles. The Bertz CT molecular complexity index is 7390. The second-order valence-corrected chi connectivity index (χ2v) is 33.2. The number of nitrogens with two attached hydrogens (primary N) is 1. The Morgan fingerprint density at radius 3 is 1.34 bits per heavy atom. The number of imidazole rings is 3. The van der Waals surface area contributed by atoms with Crippen molar-refractivity contribution in [2.24, 2.45) is 5.73 Å². The fraction of sp³-hybridized carbons (Fsp3) is 0.257. The zero-order valence-corrected chi connectivity index (χ0v) is 76.9. The molecule has 0 bridgehead atoms. The number of fused-ring (bicyclic) bond motifs is 7. The van der Waals surface area contributed by atoms with E-state index in [-0.39, 0.29) is 34.7 Å². The molecule has 2 aliphatic heterocycles. The van der Waals surface area contributed by atoms with Crippen molar-refractivity contribution in [1.29, 1.82) is 0 Å². The van der Waals surface area contributed by atoms with E-state index in [1.54, 1.807) is 19.0 Å². The number of H-pyrrole nitrogens is 2. The summed E-state index contributed by atoms with van der Waals surface area (Å²) in [6, 6.07) is 64.2. The summed E-state index contributed by atoms with van der Waals surface area (Å²) in [6.45, 7) is 19.2. The third-order valence-electron chi connectivity index (χ3n) is 23.6. The van der Waals surface area contributed by atoms with Crippen LogP contribution in [0.4, 0.5) is 11.6 Å². The summed E-state index contributed by atoms with van der Waals surface area (Å²) in [5.74, 6) is 1.45. The van der Waals surface area contributed by atoms with Gasteiger partial charge in [0, 0.05) is 61.8 Å². The molecule has 5 N–H and O–H groups in total. The van der Waals surface area contributed by atoms with Crippen molar-refractivity contribution >= 4 is 116 Å². The van der Waals surface area contributed by atoms with Gasteiger partial charge in [0.1, 0.15) is 24.4 Å². The molecular weight excluding hydrogens is 1700 g/mol. The largest absolute Gasteiger partial charge is 0.358 e. The number of benzene rings is 8. The third-order valence-corrected chi connectivity index (χ3v) is 24.5. The predicted molar refractivity (Wildman–Crippen MR) is 520 cm³/mol. The van der Waals surface area contributed by atoms with Crippen LogP contribution in [0.3, 0.4) is 0 Å². The molecule has 0 saturated carbocycles. The lowest BCUT2D eigenvalue weighted by Gasteiger charge is -2.24. The molecule has 8 aromatic carbocycles. The van der Waals surface area contributed by atoms with Crippen LogP contribution in [-0.4, -0.2) is 114 Å². The van der Waals surface area contributed by atoms with E-state index in [9.17, 15) is 19.2 Å². The summed E-state index contributed by atoms with van der Waals surface area (Å²) >= 11 is 9.48. The van der Waals surface area contributed by atoms with Crippen molar-refractivity contribution < 1.29 is 14.0 Å². The monoisotopic (exact) mass is 1810 g/mol. The number of pyridine rings is 4. The molecule has 0 amide bonds. The average Bonchev–Trinajstić information content (AvgIpc) is 1.68. The van der Waals surface area contributed by atoms with Gasteiger partial charge in [0.15, 0.2) is 52.5 Å². The maximum Gasteiger partial charge on any atom is 0.308 e. The number of aromatic amines is 2. The van der Waals surface area contributed by atoms with Crippen molar-refractivity contribution in [1.82, 2.24) is 78.0 Å². The second kappa shape index (κ2) is 40.6. The molecule has 2 unspecified atom stereocenters. The molecule has 2 fully saturated rings. The Morgan fingerprint density at radius 2 is 0.884 bits per heavy atom. The standard InChI is InChI=1S/C29H30N6O2.C24H22N6O.C19H20N2O.C18H16BrNO.C10H11ClN4O.CH5N/c1-19-9-4-5-12-23(19)35-22(15-21-11-8-10-20(2)25(21)29(35)36)16-33(3)27-26-28(31-17-30-27)34(18-32-26)24-13-6-7-14-37-24;1-15-7-4-5-10-19(15)30-18(11-17-9-6-8-16(2)20(17)24(30)31)12-29(3)23-21-22(26-13-25-21)27-14-28-23;1-13-7-4-5-10-17(13)21-16(12-20-3)11-15-9-6-8-14(2)18(15)19(21)22;1-12-6-3-4-9-16(12)20-15(11-19)10-14-8-5-7-13(2)17(14)18(20)21;11-9-8-10(13-5-12-9)15(6-14-8)7-3-1-2-4-16-7;1-2/h4-5,8-12,15,17-18,24H,6-7,13-14,16H2,1-3H3;4-11,13-14H,12H2,1-3H3,(H,25,26,27,28);4-11,20H,12H2,1-3H3;3-10H,11H2,1-2H3;5-7H,1-4H2;2H2,1H3/p+1. The normalized spacial score (nSPS) is 13.7. The number of para-hydroxylation sites is 4. The lowest BCUT2D eigenvalue weighted by molar-refractivity contribution is -0.744. The van der Waals surface area contributed by atoms with Crippen LogP contribution in [-0.2, 0) is 34.4 Å². The van der Waals surface area contributed by atoms with Gasteiger partial charge >= 0.3 is 5.65 Å². The average molecular weight is 1810 g/mol. The van der Waals surface area contributed by atoms with E-state index in [0.717, 1.165) is 212 Å². The number of nitrogens with zero attached hydrogens (tertiary/aromatic N) is 16. The molecule has 26 nitrogen and oxygen atoms in total. The quantitative estimate of drug-likeness (QED) is 0.0421. The molecule has 0 spiro atoms. The van der Waals surface area contributed by atoms with Gasteiger partial charge in [0.05, 0.1) is 76.6 Å². The summed E-state index contributed by atoms with van der Waals surface area (Å²) in [7, 11) is 7.33. The van der Waals surface area contributed by atoms with Crippen molar-refractivity contribution in [2.75, 3.05) is 51.2 Å². The van der Waals surface area contributed by atoms with E-state index in [2.05, 4.69) is 101 Å². The summed E-state index contributed by atoms with van der Waals surface area (Å²) in [4.78, 5) is 98.9. The van der Waals surface area contributed by atoms with Gasteiger partial charge in [0.2, 0.25) is 5.52 Å². The summed E-state index contributed by atoms with van der Waals surface area (Å²) in [6.07, 6.45) is 16.3. The molecule has 129 heavy (non-hydrogen) atoms. The van der Waals surface area contributed by atoms with Crippen molar-refractivity contribution in [3.8, 4) is 22.7 Å². The minimum Gasteiger partial charge on any atom is -0.358 e. The van der Waals surface area contributed by atoms with Gasteiger partial charge in [-0.1, -0.05) is 178 Å². The summed E-state index contributed by atoms with van der Waals surface area (Å²) in [5, 5.41) is 11.2. The Balaban J connectivity index is 0.000000127. The molecule has 10 aromatic heterocycles. The van der Waals surface area contributed by atoms with Crippen LogP contribution < -0.4 is 47.7 Å². The number of nitrogens with one attached hydrogen (secondary N) is 3.